The zero-order valence-electron chi connectivity index (χ0n) is 10.8. The Balaban J connectivity index is 2.01. The molecule has 0 heterocycles. The molecule has 0 aliphatic carbocycles. The summed E-state index contributed by atoms with van der Waals surface area (Å²) in [4.78, 5) is 1.15. The summed E-state index contributed by atoms with van der Waals surface area (Å²) in [5, 5.41) is 0.762. The summed E-state index contributed by atoms with van der Waals surface area (Å²) in [6.07, 6.45) is 0. The van der Waals surface area contributed by atoms with E-state index < -0.39 is 0 Å². The molecule has 19 heavy (non-hydrogen) atoms. The fourth-order valence-electron chi connectivity index (χ4n) is 1.78. The number of nitrogens with two attached hydrogens (primary N) is 1. The summed E-state index contributed by atoms with van der Waals surface area (Å²) in [5.41, 5.74) is 5.32. The van der Waals surface area contributed by atoms with Gasteiger partial charge >= 0.3 is 0 Å². The first-order valence-electron chi connectivity index (χ1n) is 6.10. The lowest BCUT2D eigenvalue weighted by Crippen LogP contribution is -2.29. The maximum absolute atomic E-state index is 5.97. The Morgan fingerprint density at radius 2 is 1.95 bits per heavy atom. The molecule has 0 fully saturated rings. The fraction of sp³-hybridized carbons (Fsp3) is 0.200. The van der Waals surface area contributed by atoms with Crippen LogP contribution in [0.2, 0.25) is 5.02 Å². The lowest BCUT2D eigenvalue weighted by Gasteiger charge is -2.16. The molecular formula is C15H17ClN2S. The van der Waals surface area contributed by atoms with Crippen LogP contribution in [0.5, 0.6) is 0 Å². The van der Waals surface area contributed by atoms with Crippen LogP contribution in [0.15, 0.2) is 53.4 Å². The SMILES string of the molecule is Cc1ccc(C(CSc2cccc(Cl)c2)NN)cc1. The molecule has 0 saturated heterocycles. The number of benzene rings is 2. The van der Waals surface area contributed by atoms with Crippen LogP contribution in [0.25, 0.3) is 0 Å². The first-order valence-corrected chi connectivity index (χ1v) is 7.46. The second-order valence-electron chi connectivity index (χ2n) is 4.40. The second kappa shape index (κ2) is 6.96. The molecule has 4 heteroatoms. The molecular weight excluding hydrogens is 276 g/mol. The van der Waals surface area contributed by atoms with Crippen LogP contribution in [0.1, 0.15) is 17.2 Å². The minimum atomic E-state index is 0.129. The molecule has 0 aromatic heterocycles. The molecule has 0 saturated carbocycles. The van der Waals surface area contributed by atoms with Gasteiger partial charge in [0.2, 0.25) is 0 Å². The van der Waals surface area contributed by atoms with Gasteiger partial charge in [0.05, 0.1) is 6.04 Å². The molecule has 0 spiro atoms. The van der Waals surface area contributed by atoms with Crippen molar-refractivity contribution in [2.45, 2.75) is 17.9 Å². The Morgan fingerprint density at radius 1 is 1.21 bits per heavy atom. The number of hydrogen-bond donors (Lipinski definition) is 2. The molecule has 3 N–H and O–H groups in total. The number of thioether (sulfide) groups is 1. The van der Waals surface area contributed by atoms with Crippen molar-refractivity contribution in [2.75, 3.05) is 5.75 Å². The predicted molar refractivity (Wildman–Crippen MR) is 83.4 cm³/mol. The van der Waals surface area contributed by atoms with Crippen molar-refractivity contribution in [3.63, 3.8) is 0 Å². The van der Waals surface area contributed by atoms with Crippen LogP contribution in [-0.4, -0.2) is 5.75 Å². The number of hydrazine groups is 1. The summed E-state index contributed by atoms with van der Waals surface area (Å²) < 4.78 is 0. The van der Waals surface area contributed by atoms with Crippen molar-refractivity contribution in [1.29, 1.82) is 0 Å². The fourth-order valence-corrected chi connectivity index (χ4v) is 3.06. The van der Waals surface area contributed by atoms with Gasteiger partial charge in [0.25, 0.3) is 0 Å². The minimum absolute atomic E-state index is 0.129. The molecule has 2 aromatic rings. The molecule has 0 bridgehead atoms. The van der Waals surface area contributed by atoms with E-state index in [1.807, 2.05) is 18.2 Å². The van der Waals surface area contributed by atoms with Gasteiger partial charge in [-0.05, 0) is 30.7 Å². The van der Waals surface area contributed by atoms with Crippen LogP contribution < -0.4 is 11.3 Å². The van der Waals surface area contributed by atoms with Gasteiger partial charge in [0, 0.05) is 15.7 Å². The highest BCUT2D eigenvalue weighted by molar-refractivity contribution is 7.99. The van der Waals surface area contributed by atoms with E-state index >= 15 is 0 Å². The van der Waals surface area contributed by atoms with E-state index in [0.717, 1.165) is 15.7 Å². The first-order chi connectivity index (χ1) is 9.19. The van der Waals surface area contributed by atoms with Crippen molar-refractivity contribution in [1.82, 2.24) is 5.43 Å². The molecule has 2 aromatic carbocycles. The van der Waals surface area contributed by atoms with E-state index in [1.165, 1.54) is 11.1 Å². The quantitative estimate of drug-likeness (QED) is 0.498. The number of nitrogens with one attached hydrogen (secondary N) is 1. The topological polar surface area (TPSA) is 38.0 Å². The monoisotopic (exact) mass is 292 g/mol. The Bertz CT molecular complexity index is 528. The van der Waals surface area contributed by atoms with Crippen LogP contribution in [-0.2, 0) is 0 Å². The van der Waals surface area contributed by atoms with Crippen LogP contribution >= 0.6 is 23.4 Å². The second-order valence-corrected chi connectivity index (χ2v) is 5.93. The third-order valence-electron chi connectivity index (χ3n) is 2.89. The Hall–Kier alpha value is -1.00. The molecule has 0 aliphatic heterocycles. The smallest absolute Gasteiger partial charge is 0.0553 e. The average Bonchev–Trinajstić information content (AvgIpc) is 2.41. The van der Waals surface area contributed by atoms with Crippen molar-refractivity contribution in [3.05, 3.63) is 64.7 Å². The zero-order chi connectivity index (χ0) is 13.7. The maximum Gasteiger partial charge on any atom is 0.0553 e. The normalized spacial score (nSPS) is 12.4. The lowest BCUT2D eigenvalue weighted by atomic mass is 10.1. The predicted octanol–water partition coefficient (Wildman–Crippen LogP) is 3.95. The van der Waals surface area contributed by atoms with Crippen molar-refractivity contribution >= 4 is 23.4 Å². The van der Waals surface area contributed by atoms with Gasteiger partial charge in [0.15, 0.2) is 0 Å². The highest BCUT2D eigenvalue weighted by Gasteiger charge is 2.10. The summed E-state index contributed by atoms with van der Waals surface area (Å²) in [6.45, 7) is 2.08. The van der Waals surface area contributed by atoms with Gasteiger partial charge in [-0.15, -0.1) is 11.8 Å². The van der Waals surface area contributed by atoms with E-state index in [9.17, 15) is 0 Å². The Kier molecular flexibility index (Phi) is 5.28. The lowest BCUT2D eigenvalue weighted by molar-refractivity contribution is 0.610. The van der Waals surface area contributed by atoms with Gasteiger partial charge in [-0.25, -0.2) is 0 Å². The van der Waals surface area contributed by atoms with E-state index in [2.05, 4.69) is 42.7 Å². The van der Waals surface area contributed by atoms with E-state index in [1.54, 1.807) is 11.8 Å². The Morgan fingerprint density at radius 3 is 2.58 bits per heavy atom. The zero-order valence-corrected chi connectivity index (χ0v) is 12.3. The van der Waals surface area contributed by atoms with E-state index in [-0.39, 0.29) is 6.04 Å². The highest BCUT2D eigenvalue weighted by atomic mass is 35.5. The maximum atomic E-state index is 5.97. The van der Waals surface area contributed by atoms with Gasteiger partial charge in [0.1, 0.15) is 0 Å². The summed E-state index contributed by atoms with van der Waals surface area (Å²) in [5.74, 6) is 6.51. The van der Waals surface area contributed by atoms with Crippen LogP contribution in [0.3, 0.4) is 0 Å². The first kappa shape index (κ1) is 14.4. The molecule has 0 radical (unpaired) electrons. The van der Waals surface area contributed by atoms with Gasteiger partial charge < -0.3 is 0 Å². The van der Waals surface area contributed by atoms with Crippen LogP contribution in [0.4, 0.5) is 0 Å². The number of rotatable bonds is 5. The van der Waals surface area contributed by atoms with Gasteiger partial charge in [-0.3, -0.25) is 11.3 Å². The molecule has 1 unspecified atom stereocenters. The molecule has 2 nitrogen and oxygen atoms in total. The standard InChI is InChI=1S/C15H17ClN2S/c1-11-5-7-12(8-6-11)15(18-17)10-19-14-4-2-3-13(16)9-14/h2-9,15,18H,10,17H2,1H3. The van der Waals surface area contributed by atoms with Crippen LogP contribution in [0, 0.1) is 6.92 Å². The highest BCUT2D eigenvalue weighted by Crippen LogP contribution is 2.26. The van der Waals surface area contributed by atoms with Crippen molar-refractivity contribution in [2.24, 2.45) is 5.84 Å². The van der Waals surface area contributed by atoms with Gasteiger partial charge in [-0.2, -0.15) is 0 Å². The average molecular weight is 293 g/mol. The number of halogens is 1. The molecule has 1 atom stereocenters. The van der Waals surface area contributed by atoms with Gasteiger partial charge in [-0.1, -0.05) is 47.5 Å². The minimum Gasteiger partial charge on any atom is -0.271 e. The van der Waals surface area contributed by atoms with Crippen molar-refractivity contribution in [3.8, 4) is 0 Å². The number of hydrogen-bond acceptors (Lipinski definition) is 3. The van der Waals surface area contributed by atoms with Crippen molar-refractivity contribution < 1.29 is 0 Å². The molecule has 0 amide bonds. The summed E-state index contributed by atoms with van der Waals surface area (Å²) in [6, 6.07) is 16.4. The summed E-state index contributed by atoms with van der Waals surface area (Å²) in [7, 11) is 0. The molecule has 2 rings (SSSR count). The third kappa shape index (κ3) is 4.25. The largest absolute Gasteiger partial charge is 0.271 e. The van der Waals surface area contributed by atoms with E-state index in [0.29, 0.717) is 0 Å². The molecule has 0 aliphatic rings. The number of aryl methyl sites for hydroxylation is 1. The third-order valence-corrected chi connectivity index (χ3v) is 4.22. The van der Waals surface area contributed by atoms with E-state index in [4.69, 9.17) is 17.4 Å². The summed E-state index contributed by atoms with van der Waals surface area (Å²) >= 11 is 7.71. The Labute approximate surface area is 123 Å². The molecule has 100 valence electrons.